The van der Waals surface area contributed by atoms with Crippen LogP contribution in [-0.2, 0) is 51.6 Å². The molecule has 0 saturated carbocycles. The Morgan fingerprint density at radius 2 is 1.32 bits per heavy atom. The Bertz CT molecular complexity index is 1920. The third-order valence-corrected chi connectivity index (χ3v) is 15.2. The Labute approximate surface area is 359 Å². The fourth-order valence-corrected chi connectivity index (χ4v) is 11.5. The van der Waals surface area contributed by atoms with E-state index in [1.165, 1.54) is 11.8 Å². The van der Waals surface area contributed by atoms with Gasteiger partial charge in [-0.15, -0.1) is 0 Å². The normalized spacial score (nSPS) is 15.0. The molecule has 0 fully saturated rings. The van der Waals surface area contributed by atoms with Gasteiger partial charge in [-0.2, -0.15) is 13.2 Å². The van der Waals surface area contributed by atoms with E-state index in [2.05, 4.69) is 5.32 Å². The van der Waals surface area contributed by atoms with Crippen molar-refractivity contribution in [3.63, 3.8) is 0 Å². The number of anilines is 1. The van der Waals surface area contributed by atoms with E-state index < -0.39 is 85.3 Å². The van der Waals surface area contributed by atoms with Crippen LogP contribution in [0.5, 0.6) is 0 Å². The Morgan fingerprint density at radius 3 is 1.78 bits per heavy atom. The molecule has 60 heavy (non-hydrogen) atoms. The topological polar surface area (TPSA) is 202 Å². The van der Waals surface area contributed by atoms with Crippen molar-refractivity contribution in [1.29, 1.82) is 0 Å². The number of nitrogens with one attached hydrogen (secondary N) is 1. The van der Waals surface area contributed by atoms with Gasteiger partial charge in [0, 0.05) is 0 Å². The molecule has 0 aliphatic rings. The molecule has 2 rings (SSSR count). The fraction of sp³-hybridized carbons (Fsp3) is 0.676. The van der Waals surface area contributed by atoms with Gasteiger partial charge in [0.2, 0.25) is 10.0 Å². The molecule has 23 heteroatoms. The zero-order valence-corrected chi connectivity index (χ0v) is 40.8. The van der Waals surface area contributed by atoms with Crippen LogP contribution in [0.25, 0.3) is 0 Å². The summed E-state index contributed by atoms with van der Waals surface area (Å²) >= 11 is 1.34. The van der Waals surface area contributed by atoms with Crippen LogP contribution < -0.4 is 10.5 Å². The van der Waals surface area contributed by atoms with Crippen LogP contribution in [0.3, 0.4) is 0 Å². The van der Waals surface area contributed by atoms with Crippen molar-refractivity contribution in [3.05, 3.63) is 48.5 Å². The minimum absolute atomic E-state index is 0.0733. The van der Waals surface area contributed by atoms with Gasteiger partial charge in [0.1, 0.15) is 0 Å². The standard InChI is InChI=1S/C37H64F3N3O12P2S3/c1-33(2,3)52-56(44,53-34(4,5)6)50-24-22-43(23-25-51-57(45,54-35(7,8)9)55-36(10,11)12)21-20-28(27-58-29-16-14-13-15-17-29)42-31-19-18-30(60(41,48)49)26-32(31)59(46,47)37(38,39)40/h13-19,26,28,42,44,56H,20-25,27H2,1-12H3,(H2,41,48,49)/t28-/m1/s1. The van der Waals surface area contributed by atoms with E-state index in [9.17, 15) is 39.5 Å². The number of hydrogen-bond donors (Lipinski definition) is 3. The number of hydrogen-bond acceptors (Lipinski definition) is 15. The number of thioether (sulfide) groups is 1. The first-order chi connectivity index (χ1) is 26.9. The van der Waals surface area contributed by atoms with Gasteiger partial charge in [-0.1, -0.05) is 6.07 Å². The van der Waals surface area contributed by atoms with Crippen LogP contribution in [0.1, 0.15) is 89.5 Å². The molecule has 0 unspecified atom stereocenters. The number of alkyl halides is 3. The molecule has 2 aromatic carbocycles. The van der Waals surface area contributed by atoms with Crippen molar-refractivity contribution >= 4 is 53.3 Å². The summed E-state index contributed by atoms with van der Waals surface area (Å²) in [7, 11) is -19.1. The third-order valence-electron chi connectivity index (χ3n) is 7.21. The molecule has 0 amide bonds. The SMILES string of the molecule is CC(C)(C)OP(=O)(OCCN(CCO[PH](O)(OC(C)(C)C)OC(C)(C)C)CC[C@H](CSc1ccccc1)Nc1ccc(S(N)(=O)=O)cc1S(=O)(=O)C(F)(F)F)OC(C)(C)C. The predicted octanol–water partition coefficient (Wildman–Crippen LogP) is 8.70. The first kappa shape index (κ1) is 54.7. The van der Waals surface area contributed by atoms with E-state index in [4.69, 9.17) is 32.3 Å². The van der Waals surface area contributed by atoms with Gasteiger partial charge in [-0.25, -0.2) is 13.6 Å². The van der Waals surface area contributed by atoms with Crippen LogP contribution in [0.4, 0.5) is 18.9 Å². The Hall–Kier alpha value is -1.42. The van der Waals surface area contributed by atoms with Crippen LogP contribution in [0, 0.1) is 0 Å². The number of benzene rings is 2. The van der Waals surface area contributed by atoms with Gasteiger partial charge in [-0.3, -0.25) is 0 Å². The van der Waals surface area contributed by atoms with E-state index >= 15 is 0 Å². The quantitative estimate of drug-likeness (QED) is 0.0747. The first-order valence-electron chi connectivity index (χ1n) is 19.0. The number of rotatable bonds is 22. The summed E-state index contributed by atoms with van der Waals surface area (Å²) in [5, 5.41) is 8.07. The number of sulfone groups is 1. The number of phosphoric ester groups is 1. The molecule has 4 N–H and O–H groups in total. The molecule has 0 radical (unpaired) electrons. The Kier molecular flexibility index (Phi) is 19.2. The zero-order chi connectivity index (χ0) is 46.2. The number of nitrogens with two attached hydrogens (primary N) is 1. The number of sulfonamides is 1. The van der Waals surface area contributed by atoms with Crippen molar-refractivity contribution in [2.75, 3.05) is 43.9 Å². The van der Waals surface area contributed by atoms with Gasteiger partial charge in [0.25, 0.3) is 0 Å². The van der Waals surface area contributed by atoms with E-state index in [1.54, 1.807) is 100 Å². The van der Waals surface area contributed by atoms with Gasteiger partial charge in [0.05, 0.1) is 0 Å². The van der Waals surface area contributed by atoms with Gasteiger partial charge < -0.3 is 0 Å². The minimum atomic E-state index is -6.07. The molecule has 0 aliphatic carbocycles. The molecule has 0 saturated heterocycles. The number of halogens is 3. The Morgan fingerprint density at radius 1 is 0.800 bits per heavy atom. The summed E-state index contributed by atoms with van der Waals surface area (Å²) in [6, 6.07) is 10.5. The van der Waals surface area contributed by atoms with E-state index in [-0.39, 0.29) is 45.0 Å². The van der Waals surface area contributed by atoms with Crippen LogP contribution in [-0.4, -0.2) is 99.2 Å². The predicted molar refractivity (Wildman–Crippen MR) is 230 cm³/mol. The maximum atomic E-state index is 14.0. The second kappa shape index (κ2) is 21.0. The molecule has 0 bridgehead atoms. The molecule has 0 heterocycles. The number of nitrogens with zero attached hydrogens (tertiary/aromatic N) is 1. The van der Waals surface area contributed by atoms with Crippen LogP contribution in [0.15, 0.2) is 63.2 Å². The molecule has 1 atom stereocenters. The molecule has 0 aliphatic heterocycles. The van der Waals surface area contributed by atoms with Crippen LogP contribution >= 0.6 is 27.8 Å². The number of phosphoric acid groups is 1. The summed E-state index contributed by atoms with van der Waals surface area (Å²) in [6.45, 7) is 20.5. The van der Waals surface area contributed by atoms with E-state index in [0.29, 0.717) is 6.07 Å². The molecule has 348 valence electrons. The van der Waals surface area contributed by atoms with Gasteiger partial charge >= 0.3 is 318 Å². The summed E-state index contributed by atoms with van der Waals surface area (Å²) in [5.41, 5.74) is -9.78. The maximum absolute atomic E-state index is 14.0. The van der Waals surface area contributed by atoms with Gasteiger partial charge in [0.15, 0.2) is 0 Å². The zero-order valence-electron chi connectivity index (χ0n) is 36.4. The van der Waals surface area contributed by atoms with Crippen molar-refractivity contribution < 1.29 is 66.6 Å². The van der Waals surface area contributed by atoms with Crippen molar-refractivity contribution in [3.8, 4) is 0 Å². The van der Waals surface area contributed by atoms with E-state index in [0.717, 1.165) is 17.0 Å². The average molecular weight is 958 g/mol. The molecule has 2 aromatic rings. The molecule has 0 spiro atoms. The summed E-state index contributed by atoms with van der Waals surface area (Å²) < 4.78 is 141. The fourth-order valence-electron chi connectivity index (χ4n) is 5.13. The third kappa shape index (κ3) is 20.4. The molecule has 15 nitrogen and oxygen atoms in total. The second-order valence-electron chi connectivity index (χ2n) is 17.7. The first-order valence-corrected chi connectivity index (χ1v) is 26.1. The molecule has 0 aromatic heterocycles. The summed E-state index contributed by atoms with van der Waals surface area (Å²) in [6.07, 6.45) is 0.148. The summed E-state index contributed by atoms with van der Waals surface area (Å²) in [5.74, 6) is 0.201. The van der Waals surface area contributed by atoms with Crippen LogP contribution in [0.2, 0.25) is 0 Å². The molecular formula is C37H64F3N3O12P2S3. The average Bonchev–Trinajstić information content (AvgIpc) is 3.01. The van der Waals surface area contributed by atoms with Crippen molar-refractivity contribution in [2.45, 2.75) is 138 Å². The van der Waals surface area contributed by atoms with Crippen molar-refractivity contribution in [1.82, 2.24) is 4.90 Å². The monoisotopic (exact) mass is 957 g/mol. The summed E-state index contributed by atoms with van der Waals surface area (Å²) in [4.78, 5) is 11.9. The van der Waals surface area contributed by atoms with Gasteiger partial charge in [-0.05, 0) is 0 Å². The molecular weight excluding hydrogens is 894 g/mol. The Balaban J connectivity index is 2.55. The number of primary sulfonamides is 1. The van der Waals surface area contributed by atoms with E-state index in [1.807, 2.05) is 18.2 Å². The second-order valence-corrected chi connectivity index (χ2v) is 25.6. The van der Waals surface area contributed by atoms with Crippen molar-refractivity contribution in [2.24, 2.45) is 5.14 Å².